The van der Waals surface area contributed by atoms with Gasteiger partial charge in [0, 0.05) is 31.2 Å². The summed E-state index contributed by atoms with van der Waals surface area (Å²) in [6.45, 7) is 0.180. The topological polar surface area (TPSA) is 41.6 Å². The van der Waals surface area contributed by atoms with Gasteiger partial charge in [-0.3, -0.25) is 4.79 Å². The van der Waals surface area contributed by atoms with E-state index in [1.807, 2.05) is 18.2 Å². The van der Waals surface area contributed by atoms with Crippen LogP contribution in [0.1, 0.15) is 18.4 Å². The maximum atomic E-state index is 13.2. The first kappa shape index (κ1) is 19.8. The lowest BCUT2D eigenvalue weighted by Crippen LogP contribution is -2.43. The number of carbonyl (C=O) groups is 1. The molecule has 1 aliphatic heterocycles. The lowest BCUT2D eigenvalue weighted by molar-refractivity contribution is -0.185. The number of hydrogen-bond donors (Lipinski definition) is 1. The molecule has 2 atom stereocenters. The van der Waals surface area contributed by atoms with Crippen LogP contribution < -0.4 is 10.1 Å². The van der Waals surface area contributed by atoms with Crippen LogP contribution in [0.2, 0.25) is 0 Å². The standard InChI is InChI=1S/C17H21F3N2O2.ClH/c1-24-15-5-3-2-4-11(15)10-22(12-6-7-12)16(23)13-8-21-9-14(13)17(18,19)20;/h2-5,12-14,21H,6-10H2,1H3;1H/t13-,14-;/m1./s1. The van der Waals surface area contributed by atoms with Gasteiger partial charge in [-0.25, -0.2) is 0 Å². The second-order valence-electron chi connectivity index (χ2n) is 6.42. The molecule has 1 saturated heterocycles. The van der Waals surface area contributed by atoms with Crippen molar-refractivity contribution in [2.45, 2.75) is 31.6 Å². The van der Waals surface area contributed by atoms with E-state index in [2.05, 4.69) is 5.32 Å². The molecule has 0 bridgehead atoms. The summed E-state index contributed by atoms with van der Waals surface area (Å²) in [6, 6.07) is 7.34. The van der Waals surface area contributed by atoms with Crippen molar-refractivity contribution in [2.75, 3.05) is 20.2 Å². The molecule has 1 heterocycles. The average molecular weight is 379 g/mol. The maximum absolute atomic E-state index is 13.2. The van der Waals surface area contributed by atoms with Gasteiger partial charge >= 0.3 is 6.18 Å². The van der Waals surface area contributed by atoms with Gasteiger partial charge in [0.1, 0.15) is 5.75 Å². The first-order chi connectivity index (χ1) is 11.4. The van der Waals surface area contributed by atoms with Gasteiger partial charge in [-0.15, -0.1) is 12.4 Å². The van der Waals surface area contributed by atoms with Crippen molar-refractivity contribution in [3.8, 4) is 5.75 Å². The second-order valence-corrected chi connectivity index (χ2v) is 6.42. The molecule has 2 aliphatic rings. The van der Waals surface area contributed by atoms with Crippen molar-refractivity contribution in [1.82, 2.24) is 10.2 Å². The van der Waals surface area contributed by atoms with Crippen molar-refractivity contribution in [3.05, 3.63) is 29.8 Å². The molecule has 0 aromatic heterocycles. The Bertz CT molecular complexity index is 608. The van der Waals surface area contributed by atoms with Gasteiger partial charge in [-0.1, -0.05) is 18.2 Å². The molecule has 1 aliphatic carbocycles. The summed E-state index contributed by atoms with van der Waals surface area (Å²) in [5.41, 5.74) is 0.815. The van der Waals surface area contributed by atoms with Crippen LogP contribution in [0, 0.1) is 11.8 Å². The normalized spacial score (nSPS) is 23.0. The van der Waals surface area contributed by atoms with Gasteiger partial charge in [0.25, 0.3) is 0 Å². The van der Waals surface area contributed by atoms with Crippen LogP contribution in [0.15, 0.2) is 24.3 Å². The number of nitrogens with one attached hydrogen (secondary N) is 1. The van der Waals surface area contributed by atoms with Crippen LogP contribution in [0.3, 0.4) is 0 Å². The van der Waals surface area contributed by atoms with E-state index >= 15 is 0 Å². The van der Waals surface area contributed by atoms with Crippen LogP contribution in [-0.2, 0) is 11.3 Å². The number of benzene rings is 1. The molecule has 1 N–H and O–H groups in total. The largest absolute Gasteiger partial charge is 0.496 e. The molecule has 2 fully saturated rings. The minimum atomic E-state index is -4.36. The number of ether oxygens (including phenoxy) is 1. The minimum absolute atomic E-state index is 0. The summed E-state index contributed by atoms with van der Waals surface area (Å²) >= 11 is 0. The van der Waals surface area contributed by atoms with Crippen LogP contribution in [0.5, 0.6) is 5.75 Å². The zero-order valence-corrected chi connectivity index (χ0v) is 14.7. The monoisotopic (exact) mass is 378 g/mol. The number of alkyl halides is 3. The van der Waals surface area contributed by atoms with Crippen molar-refractivity contribution >= 4 is 18.3 Å². The van der Waals surface area contributed by atoms with Crippen molar-refractivity contribution in [3.63, 3.8) is 0 Å². The Hall–Kier alpha value is -1.47. The number of amides is 1. The number of halogens is 4. The summed E-state index contributed by atoms with van der Waals surface area (Å²) in [5.74, 6) is -2.41. The Morgan fingerprint density at radius 3 is 2.56 bits per heavy atom. The highest BCUT2D eigenvalue weighted by molar-refractivity contribution is 5.85. The Kier molecular flexibility index (Phi) is 6.21. The zero-order chi connectivity index (χ0) is 17.3. The van der Waals surface area contributed by atoms with Gasteiger partial charge < -0.3 is 15.0 Å². The molecule has 0 radical (unpaired) electrons. The lowest BCUT2D eigenvalue weighted by atomic mass is 9.93. The fourth-order valence-electron chi connectivity index (χ4n) is 3.29. The maximum Gasteiger partial charge on any atom is 0.393 e. The van der Waals surface area contributed by atoms with Crippen LogP contribution in [0.25, 0.3) is 0 Å². The molecule has 4 nitrogen and oxygen atoms in total. The fraction of sp³-hybridized carbons (Fsp3) is 0.588. The summed E-state index contributed by atoms with van der Waals surface area (Å²) < 4.78 is 44.8. The van der Waals surface area contributed by atoms with Crippen molar-refractivity contribution in [1.29, 1.82) is 0 Å². The first-order valence-electron chi connectivity index (χ1n) is 8.11. The third kappa shape index (κ3) is 4.39. The van der Waals surface area contributed by atoms with E-state index in [0.717, 1.165) is 18.4 Å². The van der Waals surface area contributed by atoms with Crippen molar-refractivity contribution < 1.29 is 22.7 Å². The van der Waals surface area contributed by atoms with Gasteiger partial charge in [0.05, 0.1) is 18.9 Å². The number of para-hydroxylation sites is 1. The van der Waals surface area contributed by atoms with Gasteiger partial charge in [0.15, 0.2) is 0 Å². The van der Waals surface area contributed by atoms with E-state index in [-0.39, 0.29) is 38.1 Å². The van der Waals surface area contributed by atoms with E-state index in [1.54, 1.807) is 18.1 Å². The molecule has 3 rings (SSSR count). The smallest absolute Gasteiger partial charge is 0.393 e. The molecule has 140 valence electrons. The molecule has 0 spiro atoms. The zero-order valence-electron chi connectivity index (χ0n) is 13.9. The fourth-order valence-corrected chi connectivity index (χ4v) is 3.29. The molecule has 0 unspecified atom stereocenters. The van der Waals surface area contributed by atoms with Gasteiger partial charge in [0.2, 0.25) is 5.91 Å². The minimum Gasteiger partial charge on any atom is -0.496 e. The molecular weight excluding hydrogens is 357 g/mol. The van der Waals surface area contributed by atoms with E-state index < -0.39 is 23.9 Å². The molecule has 25 heavy (non-hydrogen) atoms. The highest BCUT2D eigenvalue weighted by atomic mass is 35.5. The van der Waals surface area contributed by atoms with E-state index in [9.17, 15) is 18.0 Å². The third-order valence-corrected chi connectivity index (χ3v) is 4.76. The average Bonchev–Trinajstić information content (AvgIpc) is 3.25. The third-order valence-electron chi connectivity index (χ3n) is 4.76. The Morgan fingerprint density at radius 1 is 1.28 bits per heavy atom. The van der Waals surface area contributed by atoms with Crippen LogP contribution in [0.4, 0.5) is 13.2 Å². The number of methoxy groups -OCH3 is 1. The molecule has 1 saturated carbocycles. The SMILES string of the molecule is COc1ccccc1CN(C(=O)[C@@H]1CNC[C@H]1C(F)(F)F)C1CC1.Cl. The molecular formula is C17H22ClF3N2O2. The predicted octanol–water partition coefficient (Wildman–Crippen LogP) is 3.01. The Balaban J connectivity index is 0.00000225. The van der Waals surface area contributed by atoms with Crippen LogP contribution in [-0.4, -0.2) is 43.2 Å². The predicted molar refractivity (Wildman–Crippen MR) is 89.7 cm³/mol. The van der Waals surface area contributed by atoms with Gasteiger partial charge in [-0.05, 0) is 18.9 Å². The molecule has 1 amide bonds. The number of rotatable bonds is 5. The van der Waals surface area contributed by atoms with E-state index in [1.165, 1.54) is 0 Å². The number of hydrogen-bond acceptors (Lipinski definition) is 3. The Labute approximate surface area is 151 Å². The highest BCUT2D eigenvalue weighted by Crippen LogP contribution is 2.38. The van der Waals surface area contributed by atoms with Gasteiger partial charge in [-0.2, -0.15) is 13.2 Å². The summed E-state index contributed by atoms with van der Waals surface area (Å²) in [4.78, 5) is 14.4. The highest BCUT2D eigenvalue weighted by Gasteiger charge is 2.51. The summed E-state index contributed by atoms with van der Waals surface area (Å²) in [6.07, 6.45) is -2.67. The molecule has 1 aromatic rings. The van der Waals surface area contributed by atoms with Crippen molar-refractivity contribution in [2.24, 2.45) is 11.8 Å². The molecule has 1 aromatic carbocycles. The Morgan fingerprint density at radius 2 is 1.96 bits per heavy atom. The number of carbonyl (C=O) groups excluding carboxylic acids is 1. The second kappa shape index (κ2) is 7.83. The van der Waals surface area contributed by atoms with E-state index in [0.29, 0.717) is 5.75 Å². The quantitative estimate of drug-likeness (QED) is 0.856. The summed E-state index contributed by atoms with van der Waals surface area (Å²) in [7, 11) is 1.54. The first-order valence-corrected chi connectivity index (χ1v) is 8.11. The summed E-state index contributed by atoms with van der Waals surface area (Å²) in [5, 5.41) is 2.72. The number of nitrogens with zero attached hydrogens (tertiary/aromatic N) is 1. The lowest BCUT2D eigenvalue weighted by Gasteiger charge is -2.29. The van der Waals surface area contributed by atoms with E-state index in [4.69, 9.17) is 4.74 Å². The molecule has 8 heteroatoms. The van der Waals surface area contributed by atoms with Crippen LogP contribution >= 0.6 is 12.4 Å².